The van der Waals surface area contributed by atoms with Gasteiger partial charge in [-0.1, -0.05) is 42.5 Å². The minimum Gasteiger partial charge on any atom is -0.497 e. The SMILES string of the molecule is COc1cccc(COC(=O)C2=Cc3c(n(C)c(=O)n(Cc4ccccc4)c3=O)N(C)C2)c1. The summed E-state index contributed by atoms with van der Waals surface area (Å²) in [6.07, 6.45) is 1.53. The molecule has 0 N–H and O–H groups in total. The summed E-state index contributed by atoms with van der Waals surface area (Å²) < 4.78 is 13.3. The highest BCUT2D eigenvalue weighted by molar-refractivity contribution is 5.97. The molecule has 4 rings (SSSR count). The Balaban J connectivity index is 1.65. The lowest BCUT2D eigenvalue weighted by Gasteiger charge is -2.28. The third-order valence-electron chi connectivity index (χ3n) is 5.59. The number of hydrogen-bond acceptors (Lipinski definition) is 6. The molecule has 0 amide bonds. The number of benzene rings is 2. The fraction of sp³-hybridized carbons (Fsp3) is 0.240. The molecular weight excluding hydrogens is 422 g/mol. The number of fused-ring (bicyclic) bond motifs is 1. The molecule has 1 aliphatic heterocycles. The van der Waals surface area contributed by atoms with Crippen molar-refractivity contribution in [1.82, 2.24) is 9.13 Å². The summed E-state index contributed by atoms with van der Waals surface area (Å²) in [5.74, 6) is 0.630. The monoisotopic (exact) mass is 447 g/mol. The van der Waals surface area contributed by atoms with Crippen LogP contribution in [0.5, 0.6) is 5.75 Å². The van der Waals surface area contributed by atoms with Gasteiger partial charge in [0.25, 0.3) is 5.56 Å². The highest BCUT2D eigenvalue weighted by Gasteiger charge is 2.27. The molecular formula is C25H25N3O5. The molecule has 170 valence electrons. The van der Waals surface area contributed by atoms with Crippen molar-refractivity contribution < 1.29 is 14.3 Å². The van der Waals surface area contributed by atoms with Crippen molar-refractivity contribution >= 4 is 17.9 Å². The topological polar surface area (TPSA) is 82.8 Å². The number of hydrogen-bond donors (Lipinski definition) is 0. The van der Waals surface area contributed by atoms with Gasteiger partial charge in [0.1, 0.15) is 18.2 Å². The fourth-order valence-electron chi connectivity index (χ4n) is 3.95. The van der Waals surface area contributed by atoms with Crippen LogP contribution >= 0.6 is 0 Å². The average molecular weight is 447 g/mol. The van der Waals surface area contributed by atoms with Crippen LogP contribution < -0.4 is 20.9 Å². The second-order valence-corrected chi connectivity index (χ2v) is 7.91. The highest BCUT2D eigenvalue weighted by atomic mass is 16.5. The average Bonchev–Trinajstić information content (AvgIpc) is 2.84. The molecule has 0 unspecified atom stereocenters. The number of rotatable bonds is 6. The van der Waals surface area contributed by atoms with Gasteiger partial charge in [0.15, 0.2) is 0 Å². The van der Waals surface area contributed by atoms with E-state index in [1.165, 1.54) is 15.2 Å². The van der Waals surface area contributed by atoms with E-state index in [-0.39, 0.29) is 25.3 Å². The molecule has 0 saturated heterocycles. The first-order valence-corrected chi connectivity index (χ1v) is 10.5. The van der Waals surface area contributed by atoms with Crippen molar-refractivity contribution in [1.29, 1.82) is 0 Å². The fourth-order valence-corrected chi connectivity index (χ4v) is 3.95. The van der Waals surface area contributed by atoms with E-state index in [0.29, 0.717) is 17.1 Å². The van der Waals surface area contributed by atoms with E-state index in [2.05, 4.69) is 0 Å². The molecule has 0 spiro atoms. The molecule has 0 radical (unpaired) electrons. The number of nitrogens with zero attached hydrogens (tertiary/aromatic N) is 3. The molecule has 0 atom stereocenters. The van der Waals surface area contributed by atoms with Crippen molar-refractivity contribution in [3.8, 4) is 5.75 Å². The molecule has 8 nitrogen and oxygen atoms in total. The number of ether oxygens (including phenoxy) is 2. The van der Waals surface area contributed by atoms with Gasteiger partial charge in [0.2, 0.25) is 0 Å². The highest BCUT2D eigenvalue weighted by Crippen LogP contribution is 2.24. The van der Waals surface area contributed by atoms with E-state index in [1.807, 2.05) is 48.5 Å². The minimum atomic E-state index is -0.516. The van der Waals surface area contributed by atoms with Crippen LogP contribution in [0, 0.1) is 0 Å². The van der Waals surface area contributed by atoms with E-state index in [9.17, 15) is 14.4 Å². The van der Waals surface area contributed by atoms with E-state index in [0.717, 1.165) is 11.1 Å². The molecule has 3 aromatic rings. The number of aromatic nitrogens is 2. The largest absolute Gasteiger partial charge is 0.497 e. The first-order chi connectivity index (χ1) is 15.9. The van der Waals surface area contributed by atoms with E-state index in [4.69, 9.17) is 9.47 Å². The maximum Gasteiger partial charge on any atom is 0.336 e. The Morgan fingerprint density at radius 1 is 1.00 bits per heavy atom. The van der Waals surface area contributed by atoms with Gasteiger partial charge >= 0.3 is 11.7 Å². The van der Waals surface area contributed by atoms with Crippen molar-refractivity contribution in [3.05, 3.63) is 97.7 Å². The summed E-state index contributed by atoms with van der Waals surface area (Å²) in [7, 11) is 4.93. The van der Waals surface area contributed by atoms with Gasteiger partial charge in [-0.05, 0) is 29.3 Å². The lowest BCUT2D eigenvalue weighted by atomic mass is 10.1. The van der Waals surface area contributed by atoms with Gasteiger partial charge in [0, 0.05) is 14.1 Å². The summed E-state index contributed by atoms with van der Waals surface area (Å²) >= 11 is 0. The first-order valence-electron chi connectivity index (χ1n) is 10.5. The number of methoxy groups -OCH3 is 1. The Bertz CT molecular complexity index is 1340. The van der Waals surface area contributed by atoms with Crippen LogP contribution in [0.3, 0.4) is 0 Å². The number of carbonyl (C=O) groups excluding carboxylic acids is 1. The second-order valence-electron chi connectivity index (χ2n) is 7.91. The smallest absolute Gasteiger partial charge is 0.336 e. The standard InChI is InChI=1S/C25H25N3O5/c1-26-15-19(24(30)33-16-18-10-7-11-20(12-18)32-3)13-21-22(26)27(2)25(31)28(23(21)29)14-17-8-5-4-6-9-17/h4-13H,14-16H2,1-3H3. The molecule has 8 heteroatoms. The van der Waals surface area contributed by atoms with Crippen LogP contribution in [0.25, 0.3) is 6.08 Å². The quantitative estimate of drug-likeness (QED) is 0.539. The summed E-state index contributed by atoms with van der Waals surface area (Å²) in [6, 6.07) is 16.6. The lowest BCUT2D eigenvalue weighted by Crippen LogP contribution is -2.45. The Kier molecular flexibility index (Phi) is 6.17. The van der Waals surface area contributed by atoms with Crippen LogP contribution in [-0.2, 0) is 29.7 Å². The van der Waals surface area contributed by atoms with Crippen LogP contribution in [0.15, 0.2) is 69.8 Å². The zero-order valence-electron chi connectivity index (χ0n) is 18.8. The maximum atomic E-state index is 13.3. The predicted molar refractivity (Wildman–Crippen MR) is 126 cm³/mol. The van der Waals surface area contributed by atoms with E-state index in [1.54, 1.807) is 32.2 Å². The molecule has 0 saturated carbocycles. The summed E-state index contributed by atoms with van der Waals surface area (Å²) in [5, 5.41) is 0. The Labute approximate surface area is 190 Å². The molecule has 0 bridgehead atoms. The van der Waals surface area contributed by atoms with Gasteiger partial charge in [0.05, 0.1) is 31.3 Å². The lowest BCUT2D eigenvalue weighted by molar-refractivity contribution is -0.140. The van der Waals surface area contributed by atoms with Gasteiger partial charge in [-0.2, -0.15) is 0 Å². The molecule has 33 heavy (non-hydrogen) atoms. The summed E-state index contributed by atoms with van der Waals surface area (Å²) in [5.41, 5.74) is 1.40. The number of esters is 1. The maximum absolute atomic E-state index is 13.3. The third-order valence-corrected chi connectivity index (χ3v) is 5.59. The minimum absolute atomic E-state index is 0.0788. The Morgan fingerprint density at radius 2 is 1.73 bits per heavy atom. The first kappa shape index (κ1) is 22.1. The van der Waals surface area contributed by atoms with E-state index >= 15 is 0 Å². The van der Waals surface area contributed by atoms with E-state index < -0.39 is 17.2 Å². The van der Waals surface area contributed by atoms with Crippen LogP contribution in [0.2, 0.25) is 0 Å². The van der Waals surface area contributed by atoms with Crippen LogP contribution in [0.1, 0.15) is 16.7 Å². The van der Waals surface area contributed by atoms with Crippen LogP contribution in [-0.4, -0.2) is 35.8 Å². The predicted octanol–water partition coefficient (Wildman–Crippen LogP) is 2.18. The van der Waals surface area contributed by atoms with Gasteiger partial charge in [-0.25, -0.2) is 9.59 Å². The second kappa shape index (κ2) is 9.20. The van der Waals surface area contributed by atoms with Crippen molar-refractivity contribution in [2.75, 3.05) is 25.6 Å². The van der Waals surface area contributed by atoms with Crippen molar-refractivity contribution in [2.45, 2.75) is 13.2 Å². The van der Waals surface area contributed by atoms with Gasteiger partial charge in [-0.15, -0.1) is 0 Å². The zero-order valence-corrected chi connectivity index (χ0v) is 18.8. The molecule has 2 heterocycles. The molecule has 1 aromatic heterocycles. The summed E-state index contributed by atoms with van der Waals surface area (Å²) in [6.45, 7) is 0.446. The molecule has 2 aromatic carbocycles. The van der Waals surface area contributed by atoms with Crippen molar-refractivity contribution in [2.24, 2.45) is 7.05 Å². The van der Waals surface area contributed by atoms with Gasteiger partial charge in [-0.3, -0.25) is 13.9 Å². The zero-order chi connectivity index (χ0) is 23.5. The molecule has 0 fully saturated rings. The molecule has 0 aliphatic carbocycles. The summed E-state index contributed by atoms with van der Waals surface area (Å²) in [4.78, 5) is 40.7. The number of carbonyl (C=O) groups is 1. The van der Waals surface area contributed by atoms with Crippen LogP contribution in [0.4, 0.5) is 5.82 Å². The van der Waals surface area contributed by atoms with Crippen molar-refractivity contribution in [3.63, 3.8) is 0 Å². The Hall–Kier alpha value is -4.07. The molecule has 1 aliphatic rings. The van der Waals surface area contributed by atoms with Gasteiger partial charge < -0.3 is 14.4 Å². The Morgan fingerprint density at radius 3 is 2.45 bits per heavy atom. The number of likely N-dealkylation sites (N-methyl/N-ethyl adjacent to an activating group) is 1. The number of anilines is 1. The normalized spacial score (nSPS) is 12.7. The third kappa shape index (κ3) is 4.45.